The Morgan fingerprint density at radius 1 is 0.758 bits per heavy atom. The topological polar surface area (TPSA) is 50.6 Å². The summed E-state index contributed by atoms with van der Waals surface area (Å²) in [6.45, 7) is 4.77. The zero-order chi connectivity index (χ0) is 44.1. The number of para-hydroxylation sites is 4. The molecule has 66 heavy (non-hydrogen) atoms. The van der Waals surface area contributed by atoms with Gasteiger partial charge in [0.25, 0.3) is 11.7 Å². The molecule has 5 unspecified atom stereocenters. The number of anilines is 1. The summed E-state index contributed by atoms with van der Waals surface area (Å²) in [5, 5.41) is 15.3. The molecule has 4 aromatic carbocycles. The molecular weight excluding hydrogens is 805 g/mol. The molecule has 0 saturated carbocycles. The first-order valence-electron chi connectivity index (χ1n) is 23.8. The molecule has 0 amide bonds. The first-order valence-corrected chi connectivity index (χ1v) is 23.8. The van der Waals surface area contributed by atoms with Crippen molar-refractivity contribution >= 4 is 46.1 Å². The first kappa shape index (κ1) is 38.9. The van der Waals surface area contributed by atoms with Crippen LogP contribution in [0.2, 0.25) is 0 Å². The number of hydrogen-bond donors (Lipinski definition) is 0. The van der Waals surface area contributed by atoms with Crippen molar-refractivity contribution in [3.05, 3.63) is 220 Å². The van der Waals surface area contributed by atoms with Crippen LogP contribution in [0.4, 0.5) is 11.4 Å². The Balaban J connectivity index is 1.04. The minimum absolute atomic E-state index is 0.0377. The summed E-state index contributed by atoms with van der Waals surface area (Å²) in [7, 11) is 0. The maximum atomic E-state index is 11.5. The van der Waals surface area contributed by atoms with Gasteiger partial charge in [0.05, 0.1) is 40.1 Å². The van der Waals surface area contributed by atoms with Crippen LogP contribution in [0.15, 0.2) is 209 Å². The lowest BCUT2D eigenvalue weighted by atomic mass is 9.70. The fourth-order valence-electron chi connectivity index (χ4n) is 12.5. The molecule has 1 fully saturated rings. The van der Waals surface area contributed by atoms with E-state index in [1.54, 1.807) is 0 Å². The van der Waals surface area contributed by atoms with Gasteiger partial charge in [-0.05, 0) is 79.3 Å². The second-order valence-corrected chi connectivity index (χ2v) is 19.3. The second-order valence-electron chi connectivity index (χ2n) is 19.3. The minimum Gasteiger partial charge on any atom is -0.360 e. The van der Waals surface area contributed by atoms with E-state index in [4.69, 9.17) is 4.99 Å². The Hall–Kier alpha value is -7.49. The van der Waals surface area contributed by atoms with Crippen LogP contribution in [0.3, 0.4) is 0 Å². The van der Waals surface area contributed by atoms with Gasteiger partial charge in [-0.25, -0.2) is 0 Å². The maximum Gasteiger partial charge on any atom is 0.278 e. The van der Waals surface area contributed by atoms with Crippen LogP contribution < -0.4 is 15.5 Å². The van der Waals surface area contributed by atoms with Crippen molar-refractivity contribution in [3.63, 3.8) is 0 Å². The molecule has 3 aliphatic heterocycles. The van der Waals surface area contributed by atoms with Crippen molar-refractivity contribution in [2.24, 2.45) is 16.8 Å². The maximum absolute atomic E-state index is 11.5. The molecule has 1 saturated heterocycles. The molecule has 0 radical (unpaired) electrons. The number of hydrogen-bond acceptors (Lipinski definition) is 4. The quantitative estimate of drug-likeness (QED) is 0.160. The summed E-state index contributed by atoms with van der Waals surface area (Å²) >= 11 is 0. The lowest BCUT2D eigenvalue weighted by Crippen LogP contribution is -2.50. The lowest BCUT2D eigenvalue weighted by Gasteiger charge is -2.49. The van der Waals surface area contributed by atoms with Crippen LogP contribution in [0.25, 0.3) is 28.7 Å². The van der Waals surface area contributed by atoms with Gasteiger partial charge in [-0.2, -0.15) is 9.84 Å². The van der Waals surface area contributed by atoms with E-state index in [-0.39, 0.29) is 35.4 Å². The van der Waals surface area contributed by atoms with Gasteiger partial charge >= 0.3 is 0 Å². The molecule has 0 N–H and O–H groups in total. The number of aliphatic imine (C=N–C) groups is 1. The zero-order valence-corrected chi connectivity index (χ0v) is 37.4. The Morgan fingerprint density at radius 3 is 2.36 bits per heavy atom. The van der Waals surface area contributed by atoms with Crippen molar-refractivity contribution in [2.75, 3.05) is 4.90 Å². The Kier molecular flexibility index (Phi) is 8.87. The van der Waals surface area contributed by atoms with Gasteiger partial charge < -0.3 is 14.4 Å². The predicted molar refractivity (Wildman–Crippen MR) is 268 cm³/mol. The molecule has 0 bridgehead atoms. The number of benzene rings is 4. The van der Waals surface area contributed by atoms with E-state index in [0.29, 0.717) is 6.42 Å². The SMILES string of the molecule is CC1(C)C2=C(CCC=C2)N(C2CC(N3C4C=CC=CC4C4C=c5c(c6ccccc6n5-c5ccccc5)=CC43)=C(C#N)C=C2C2=[N+](c3ccccc3)C(C3=CCCC=C3)=N2)c2ccccc21. The monoisotopic (exact) mass is 855 g/mol. The molecule has 5 atom stereocenters. The van der Waals surface area contributed by atoms with Crippen molar-refractivity contribution in [3.8, 4) is 11.8 Å². The van der Waals surface area contributed by atoms with Gasteiger partial charge in [0.1, 0.15) is 11.8 Å². The number of aromatic nitrogens is 1. The molecule has 6 heteroatoms. The average Bonchev–Trinajstić information content (AvgIpc) is 3.86. The molecule has 8 aliphatic rings. The van der Waals surface area contributed by atoms with E-state index < -0.39 is 0 Å². The van der Waals surface area contributed by atoms with Crippen molar-refractivity contribution in [1.29, 1.82) is 5.26 Å². The Morgan fingerprint density at radius 2 is 1.53 bits per heavy atom. The van der Waals surface area contributed by atoms with E-state index in [0.717, 1.165) is 65.5 Å². The Bertz CT molecular complexity index is 3410. The number of nitrogens with zero attached hydrogens (tertiary/aromatic N) is 6. The van der Waals surface area contributed by atoms with E-state index in [9.17, 15) is 5.26 Å². The second kappa shape index (κ2) is 15.0. The van der Waals surface area contributed by atoms with Crippen LogP contribution in [0, 0.1) is 23.2 Å². The number of rotatable bonds is 6. The van der Waals surface area contributed by atoms with Crippen LogP contribution >= 0.6 is 0 Å². The number of nitriles is 1. The normalized spacial score (nSPS) is 25.4. The summed E-state index contributed by atoms with van der Waals surface area (Å²) in [6, 6.07) is 42.1. The minimum atomic E-state index is -0.169. The van der Waals surface area contributed by atoms with Crippen LogP contribution in [0.5, 0.6) is 0 Å². The molecule has 4 heterocycles. The van der Waals surface area contributed by atoms with Crippen molar-refractivity contribution < 1.29 is 4.58 Å². The highest BCUT2D eigenvalue weighted by Gasteiger charge is 2.51. The van der Waals surface area contributed by atoms with Gasteiger partial charge in [0.15, 0.2) is 0 Å². The third kappa shape index (κ3) is 5.72. The molecule has 6 nitrogen and oxygen atoms in total. The standard InChI is InChI=1S/C60H51N6/c1-60(2)48-28-14-18-32-52(48)66(53-33-19-15-29-49(53)60)57-37-54(40(38-61)34-47(57)59-62-58(39-20-6-3-7-21-39)64(59)42-24-10-5-11-25-42)65-51-31-17-13-27-44(51)46-35-55-45(36-56(46)65)43-26-12-16-30-50(43)63(55)41-22-8-4-9-23-41/h4-6,8-18,20-32,34-36,44,46,51,56-57H,3,7,19,33,37H2,1-2H3/q+1. The summed E-state index contributed by atoms with van der Waals surface area (Å²) in [4.78, 5) is 10.8. The summed E-state index contributed by atoms with van der Waals surface area (Å²) in [5.74, 6) is 2.30. The predicted octanol–water partition coefficient (Wildman–Crippen LogP) is 10.9. The zero-order valence-electron chi connectivity index (χ0n) is 37.4. The largest absolute Gasteiger partial charge is 0.360 e. The third-order valence-corrected chi connectivity index (χ3v) is 15.5. The van der Waals surface area contributed by atoms with Crippen molar-refractivity contribution in [1.82, 2.24) is 9.47 Å². The average molecular weight is 856 g/mol. The summed E-state index contributed by atoms with van der Waals surface area (Å²) in [6.07, 6.45) is 32.8. The number of allylic oxidation sites excluding steroid dienone is 10. The van der Waals surface area contributed by atoms with Crippen molar-refractivity contribution in [2.45, 2.75) is 69.5 Å². The lowest BCUT2D eigenvalue weighted by molar-refractivity contribution is -0.319. The molecule has 1 aromatic heterocycles. The van der Waals surface area contributed by atoms with Crippen LogP contribution in [0.1, 0.15) is 51.5 Å². The number of amidine groups is 2. The number of fused-ring (bicyclic) bond motifs is 7. The van der Waals surface area contributed by atoms with Crippen LogP contribution in [-0.2, 0) is 5.41 Å². The number of likely N-dealkylation sites (tertiary alicyclic amines) is 1. The highest BCUT2D eigenvalue weighted by molar-refractivity contribution is 6.18. The first-order chi connectivity index (χ1) is 32.5. The van der Waals surface area contributed by atoms with E-state index in [1.807, 2.05) is 0 Å². The van der Waals surface area contributed by atoms with E-state index >= 15 is 0 Å². The smallest absolute Gasteiger partial charge is 0.278 e. The van der Waals surface area contributed by atoms with Gasteiger partial charge in [0, 0.05) is 62.6 Å². The summed E-state index contributed by atoms with van der Waals surface area (Å²) in [5.41, 5.74) is 12.7. The fraction of sp³-hybridized carbons (Fsp3) is 0.217. The van der Waals surface area contributed by atoms with Gasteiger partial charge in [-0.1, -0.05) is 158 Å². The molecule has 5 aliphatic carbocycles. The molecule has 320 valence electrons. The Labute approximate surface area is 386 Å². The highest BCUT2D eigenvalue weighted by Crippen LogP contribution is 2.53. The van der Waals surface area contributed by atoms with Crippen LogP contribution in [-0.4, -0.2) is 43.8 Å². The van der Waals surface area contributed by atoms with Gasteiger partial charge in [0.2, 0.25) is 0 Å². The van der Waals surface area contributed by atoms with E-state index in [2.05, 4.69) is 221 Å². The molecular formula is C60H51N6+. The van der Waals surface area contributed by atoms with Gasteiger partial charge in [-0.3, -0.25) is 0 Å². The van der Waals surface area contributed by atoms with Gasteiger partial charge in [-0.15, -0.1) is 0 Å². The molecule has 0 spiro atoms. The summed E-state index contributed by atoms with van der Waals surface area (Å²) < 4.78 is 4.80. The molecule has 5 aromatic rings. The highest BCUT2D eigenvalue weighted by atomic mass is 15.3. The van der Waals surface area contributed by atoms with E-state index in [1.165, 1.54) is 49.7 Å². The fourth-order valence-corrected chi connectivity index (χ4v) is 12.5. The third-order valence-electron chi connectivity index (χ3n) is 15.5. The molecule has 13 rings (SSSR count).